The smallest absolute Gasteiger partial charge is 0.258 e. The highest BCUT2D eigenvalue weighted by Crippen LogP contribution is 2.30. The van der Waals surface area contributed by atoms with E-state index in [-0.39, 0.29) is 11.4 Å². The summed E-state index contributed by atoms with van der Waals surface area (Å²) in [6.07, 6.45) is 0. The number of benzene rings is 3. The minimum absolute atomic E-state index is 0.0516. The molecule has 8 heteroatoms. The largest absolute Gasteiger partial charge is 0.270 e. The van der Waals surface area contributed by atoms with E-state index in [0.717, 1.165) is 5.56 Å². The second-order valence-corrected chi connectivity index (χ2v) is 6.44. The minimum Gasteiger partial charge on any atom is -0.258 e. The van der Waals surface area contributed by atoms with Crippen molar-refractivity contribution in [2.75, 3.05) is 0 Å². The van der Waals surface area contributed by atoms with Gasteiger partial charge in [0.05, 0.1) is 21.2 Å². The predicted octanol–water partition coefficient (Wildman–Crippen LogP) is 5.29. The molecule has 0 unspecified atom stereocenters. The third-order valence-electron chi connectivity index (χ3n) is 4.46. The number of nitro groups is 2. The number of hydrogen-bond donors (Lipinski definition) is 0. The van der Waals surface area contributed by atoms with Crippen molar-refractivity contribution in [1.29, 1.82) is 0 Å². The van der Waals surface area contributed by atoms with Gasteiger partial charge in [0.1, 0.15) is 0 Å². The van der Waals surface area contributed by atoms with Crippen LogP contribution in [0.1, 0.15) is 0 Å². The molecular weight excluding hydrogens is 384 g/mol. The lowest BCUT2D eigenvalue weighted by Gasteiger charge is -2.09. The van der Waals surface area contributed by atoms with Crippen LogP contribution >= 0.6 is 0 Å². The minimum atomic E-state index is -0.480. The summed E-state index contributed by atoms with van der Waals surface area (Å²) in [5, 5.41) is 22.3. The Labute approximate surface area is 170 Å². The zero-order valence-electron chi connectivity index (χ0n) is 15.5. The van der Waals surface area contributed by atoms with Crippen molar-refractivity contribution in [1.82, 2.24) is 9.97 Å². The van der Waals surface area contributed by atoms with E-state index in [0.29, 0.717) is 28.3 Å². The van der Waals surface area contributed by atoms with Crippen LogP contribution in [0.3, 0.4) is 0 Å². The van der Waals surface area contributed by atoms with E-state index < -0.39 is 9.85 Å². The Balaban J connectivity index is 1.92. The van der Waals surface area contributed by atoms with Gasteiger partial charge in [-0.15, -0.1) is 0 Å². The maximum Gasteiger partial charge on any atom is 0.270 e. The van der Waals surface area contributed by atoms with Gasteiger partial charge in [-0.05, 0) is 6.07 Å². The summed E-state index contributed by atoms with van der Waals surface area (Å²) in [4.78, 5) is 30.5. The standard InChI is InChI=1S/C22H14N4O4/c27-25(28)18-10-4-8-16(12-18)21-14-20(15-6-2-1-3-7-15)23-22(24-21)17-9-5-11-19(13-17)26(29)30/h1-14H. The van der Waals surface area contributed by atoms with Gasteiger partial charge < -0.3 is 0 Å². The number of nitro benzene ring substituents is 2. The van der Waals surface area contributed by atoms with Crippen LogP contribution in [-0.4, -0.2) is 19.8 Å². The first-order chi connectivity index (χ1) is 14.5. The van der Waals surface area contributed by atoms with Crippen molar-refractivity contribution in [2.45, 2.75) is 0 Å². The molecule has 0 aliphatic rings. The first-order valence-corrected chi connectivity index (χ1v) is 8.95. The molecular formula is C22H14N4O4. The van der Waals surface area contributed by atoms with Crippen LogP contribution in [0.15, 0.2) is 84.9 Å². The third-order valence-corrected chi connectivity index (χ3v) is 4.46. The van der Waals surface area contributed by atoms with Crippen molar-refractivity contribution in [3.8, 4) is 33.9 Å². The number of rotatable bonds is 5. The molecule has 0 spiro atoms. The molecule has 4 rings (SSSR count). The van der Waals surface area contributed by atoms with E-state index >= 15 is 0 Å². The highest BCUT2D eigenvalue weighted by molar-refractivity contribution is 5.73. The quantitative estimate of drug-likeness (QED) is 0.333. The molecule has 0 aliphatic carbocycles. The van der Waals surface area contributed by atoms with Gasteiger partial charge in [0.2, 0.25) is 0 Å². The zero-order chi connectivity index (χ0) is 21.1. The molecule has 4 aromatic rings. The van der Waals surface area contributed by atoms with Crippen LogP contribution in [-0.2, 0) is 0 Å². The molecule has 0 saturated heterocycles. The van der Waals surface area contributed by atoms with Gasteiger partial charge in [-0.2, -0.15) is 0 Å². The molecule has 8 nitrogen and oxygen atoms in total. The van der Waals surface area contributed by atoms with Crippen molar-refractivity contribution in [2.24, 2.45) is 0 Å². The molecule has 1 aromatic heterocycles. The summed E-state index contributed by atoms with van der Waals surface area (Å²) < 4.78 is 0. The maximum absolute atomic E-state index is 11.2. The van der Waals surface area contributed by atoms with Crippen LogP contribution < -0.4 is 0 Å². The second-order valence-electron chi connectivity index (χ2n) is 6.44. The van der Waals surface area contributed by atoms with Gasteiger partial charge in [0.15, 0.2) is 5.82 Å². The molecule has 0 atom stereocenters. The van der Waals surface area contributed by atoms with Gasteiger partial charge in [0.25, 0.3) is 11.4 Å². The van der Waals surface area contributed by atoms with Gasteiger partial charge in [-0.1, -0.05) is 54.6 Å². The summed E-state index contributed by atoms with van der Waals surface area (Å²) in [6, 6.07) is 23.4. The monoisotopic (exact) mass is 398 g/mol. The molecule has 146 valence electrons. The lowest BCUT2D eigenvalue weighted by atomic mass is 10.1. The Morgan fingerprint density at radius 3 is 1.67 bits per heavy atom. The van der Waals surface area contributed by atoms with E-state index in [1.807, 2.05) is 30.3 Å². The maximum atomic E-state index is 11.2. The summed E-state index contributed by atoms with van der Waals surface area (Å²) in [5.74, 6) is 0.293. The third kappa shape index (κ3) is 3.88. The molecule has 0 saturated carbocycles. The van der Waals surface area contributed by atoms with E-state index in [1.165, 1.54) is 24.3 Å². The average Bonchev–Trinajstić information content (AvgIpc) is 2.79. The molecule has 0 fully saturated rings. The lowest BCUT2D eigenvalue weighted by Crippen LogP contribution is -1.97. The molecule has 30 heavy (non-hydrogen) atoms. The predicted molar refractivity (Wildman–Crippen MR) is 112 cm³/mol. The Bertz CT molecular complexity index is 1180. The molecule has 0 aliphatic heterocycles. The zero-order valence-corrected chi connectivity index (χ0v) is 15.5. The summed E-state index contributed by atoms with van der Waals surface area (Å²) in [6.45, 7) is 0. The topological polar surface area (TPSA) is 112 Å². The Kier molecular flexibility index (Phi) is 4.96. The highest BCUT2D eigenvalue weighted by atomic mass is 16.6. The van der Waals surface area contributed by atoms with E-state index in [2.05, 4.69) is 9.97 Å². The molecule has 0 radical (unpaired) electrons. The Morgan fingerprint density at radius 2 is 1.07 bits per heavy atom. The molecule has 0 amide bonds. The van der Waals surface area contributed by atoms with Crippen LogP contribution in [0.5, 0.6) is 0 Å². The van der Waals surface area contributed by atoms with Crippen LogP contribution in [0.4, 0.5) is 11.4 Å². The Morgan fingerprint density at radius 1 is 0.567 bits per heavy atom. The lowest BCUT2D eigenvalue weighted by molar-refractivity contribution is -0.385. The SMILES string of the molecule is O=[N+]([O-])c1cccc(-c2cc(-c3ccccc3)nc(-c3cccc([N+](=O)[O-])c3)n2)c1. The average molecular weight is 398 g/mol. The van der Waals surface area contributed by atoms with E-state index in [4.69, 9.17) is 0 Å². The first kappa shape index (κ1) is 18.9. The normalized spacial score (nSPS) is 10.5. The van der Waals surface area contributed by atoms with E-state index in [1.54, 1.807) is 30.3 Å². The highest BCUT2D eigenvalue weighted by Gasteiger charge is 2.15. The van der Waals surface area contributed by atoms with Gasteiger partial charge in [0, 0.05) is 41.0 Å². The molecule has 0 bridgehead atoms. The van der Waals surface area contributed by atoms with Crippen molar-refractivity contribution in [3.63, 3.8) is 0 Å². The van der Waals surface area contributed by atoms with Crippen LogP contribution in [0, 0.1) is 20.2 Å². The summed E-state index contributed by atoms with van der Waals surface area (Å²) in [5.41, 5.74) is 2.83. The fourth-order valence-corrected chi connectivity index (χ4v) is 3.02. The van der Waals surface area contributed by atoms with Gasteiger partial charge >= 0.3 is 0 Å². The summed E-state index contributed by atoms with van der Waals surface area (Å²) in [7, 11) is 0. The van der Waals surface area contributed by atoms with Crippen LogP contribution in [0.2, 0.25) is 0 Å². The number of hydrogen-bond acceptors (Lipinski definition) is 6. The van der Waals surface area contributed by atoms with Crippen molar-refractivity contribution in [3.05, 3.63) is 105 Å². The fourth-order valence-electron chi connectivity index (χ4n) is 3.02. The van der Waals surface area contributed by atoms with E-state index in [9.17, 15) is 20.2 Å². The number of nitrogens with zero attached hydrogens (tertiary/aromatic N) is 4. The fraction of sp³-hybridized carbons (Fsp3) is 0. The van der Waals surface area contributed by atoms with Crippen LogP contribution in [0.25, 0.3) is 33.9 Å². The van der Waals surface area contributed by atoms with Gasteiger partial charge in [-0.3, -0.25) is 20.2 Å². The number of aromatic nitrogens is 2. The Hall–Kier alpha value is -4.46. The molecule has 1 heterocycles. The number of non-ortho nitro benzene ring substituents is 2. The van der Waals surface area contributed by atoms with Crippen molar-refractivity contribution < 1.29 is 9.85 Å². The summed E-state index contributed by atoms with van der Waals surface area (Å²) >= 11 is 0. The first-order valence-electron chi connectivity index (χ1n) is 8.95. The second kappa shape index (κ2) is 7.88. The van der Waals surface area contributed by atoms with Crippen molar-refractivity contribution >= 4 is 11.4 Å². The molecule has 0 N–H and O–H groups in total. The van der Waals surface area contributed by atoms with Gasteiger partial charge in [-0.25, -0.2) is 9.97 Å². The molecule has 3 aromatic carbocycles.